The fourth-order valence-corrected chi connectivity index (χ4v) is 1.71. The maximum Gasteiger partial charge on any atom is 0.306 e. The molecule has 1 saturated carbocycles. The second-order valence-electron chi connectivity index (χ2n) is 3.42. The summed E-state index contributed by atoms with van der Waals surface area (Å²) >= 11 is 0. The van der Waals surface area contributed by atoms with Crippen LogP contribution in [0.4, 0.5) is 0 Å². The van der Waals surface area contributed by atoms with Crippen molar-refractivity contribution < 1.29 is 9.90 Å². The second-order valence-corrected chi connectivity index (χ2v) is 3.42. The molecular formula is C9H16O2. The van der Waals surface area contributed by atoms with Crippen LogP contribution in [-0.2, 0) is 4.79 Å². The summed E-state index contributed by atoms with van der Waals surface area (Å²) < 4.78 is 0. The number of rotatable bonds is 4. The Balaban J connectivity index is 2.37. The number of hydrogen-bond donors (Lipinski definition) is 1. The van der Waals surface area contributed by atoms with Gasteiger partial charge in [-0.25, -0.2) is 0 Å². The Morgan fingerprint density at radius 2 is 2.27 bits per heavy atom. The zero-order valence-corrected chi connectivity index (χ0v) is 7.05. The average molecular weight is 156 g/mol. The molecule has 0 spiro atoms. The van der Waals surface area contributed by atoms with E-state index in [1.54, 1.807) is 0 Å². The maximum absolute atomic E-state index is 10.7. The van der Waals surface area contributed by atoms with E-state index in [4.69, 9.17) is 5.11 Å². The van der Waals surface area contributed by atoms with Gasteiger partial charge >= 0.3 is 5.97 Å². The third-order valence-electron chi connectivity index (χ3n) is 2.64. The summed E-state index contributed by atoms with van der Waals surface area (Å²) in [6.07, 6.45) is 5.36. The summed E-state index contributed by atoms with van der Waals surface area (Å²) in [5, 5.41) is 8.84. The maximum atomic E-state index is 10.7. The van der Waals surface area contributed by atoms with E-state index in [9.17, 15) is 4.79 Å². The number of carboxylic acid groups (broad SMARTS) is 1. The summed E-state index contributed by atoms with van der Waals surface area (Å²) in [4.78, 5) is 10.7. The highest BCUT2D eigenvalue weighted by molar-refractivity contribution is 5.70. The van der Waals surface area contributed by atoms with Crippen LogP contribution in [0.2, 0.25) is 0 Å². The minimum atomic E-state index is -0.587. The predicted molar refractivity (Wildman–Crippen MR) is 43.4 cm³/mol. The van der Waals surface area contributed by atoms with Gasteiger partial charge in [0.1, 0.15) is 0 Å². The number of carbonyl (C=O) groups is 1. The fourth-order valence-electron chi connectivity index (χ4n) is 1.71. The van der Waals surface area contributed by atoms with E-state index < -0.39 is 5.97 Å². The molecule has 0 heterocycles. The van der Waals surface area contributed by atoms with E-state index in [0.717, 1.165) is 25.7 Å². The Hall–Kier alpha value is -0.530. The number of hydrogen-bond acceptors (Lipinski definition) is 1. The summed E-state index contributed by atoms with van der Waals surface area (Å²) in [6.45, 7) is 2.05. The monoisotopic (exact) mass is 156 g/mol. The molecule has 1 aliphatic carbocycles. The van der Waals surface area contributed by atoms with Gasteiger partial charge in [0.05, 0.1) is 5.92 Å². The van der Waals surface area contributed by atoms with Crippen LogP contribution in [0.1, 0.15) is 39.0 Å². The first-order valence-corrected chi connectivity index (χ1v) is 4.48. The van der Waals surface area contributed by atoms with Gasteiger partial charge in [-0.2, -0.15) is 0 Å². The van der Waals surface area contributed by atoms with E-state index in [-0.39, 0.29) is 5.92 Å². The first-order valence-electron chi connectivity index (χ1n) is 4.48. The lowest BCUT2D eigenvalue weighted by molar-refractivity contribution is -0.145. The third-order valence-corrected chi connectivity index (χ3v) is 2.64. The smallest absolute Gasteiger partial charge is 0.306 e. The third kappa shape index (κ3) is 1.95. The van der Waals surface area contributed by atoms with Crippen molar-refractivity contribution in [1.82, 2.24) is 0 Å². The molecule has 1 N–H and O–H groups in total. The molecule has 0 amide bonds. The van der Waals surface area contributed by atoms with Gasteiger partial charge in [-0.1, -0.05) is 19.8 Å². The lowest BCUT2D eigenvalue weighted by atomic mass is 9.74. The van der Waals surface area contributed by atoms with Crippen LogP contribution in [0.25, 0.3) is 0 Å². The molecule has 0 aromatic carbocycles. The SMILES string of the molecule is CCC[C@@H](C(=O)O)C1CCC1. The molecule has 1 rings (SSSR count). The molecule has 0 unspecified atom stereocenters. The summed E-state index contributed by atoms with van der Waals surface area (Å²) in [5.74, 6) is -0.141. The average Bonchev–Trinajstić information content (AvgIpc) is 1.82. The Kier molecular flexibility index (Phi) is 2.92. The van der Waals surface area contributed by atoms with E-state index in [2.05, 4.69) is 6.92 Å². The molecule has 11 heavy (non-hydrogen) atoms. The Morgan fingerprint density at radius 1 is 1.64 bits per heavy atom. The van der Waals surface area contributed by atoms with Crippen LogP contribution in [0.5, 0.6) is 0 Å². The van der Waals surface area contributed by atoms with Crippen molar-refractivity contribution in [2.24, 2.45) is 11.8 Å². The predicted octanol–water partition coefficient (Wildman–Crippen LogP) is 2.29. The van der Waals surface area contributed by atoms with Crippen molar-refractivity contribution in [2.75, 3.05) is 0 Å². The number of carboxylic acids is 1. The van der Waals surface area contributed by atoms with Crippen LogP contribution in [-0.4, -0.2) is 11.1 Å². The van der Waals surface area contributed by atoms with Crippen molar-refractivity contribution in [1.29, 1.82) is 0 Å². The molecule has 1 fully saturated rings. The molecule has 0 aromatic heterocycles. The largest absolute Gasteiger partial charge is 0.481 e. The van der Waals surface area contributed by atoms with Crippen molar-refractivity contribution in [3.63, 3.8) is 0 Å². The van der Waals surface area contributed by atoms with Crippen molar-refractivity contribution in [3.8, 4) is 0 Å². The summed E-state index contributed by atoms with van der Waals surface area (Å²) in [5.41, 5.74) is 0. The molecule has 2 nitrogen and oxygen atoms in total. The lowest BCUT2D eigenvalue weighted by Gasteiger charge is -2.30. The zero-order chi connectivity index (χ0) is 8.27. The van der Waals surface area contributed by atoms with Gasteiger partial charge in [0.2, 0.25) is 0 Å². The van der Waals surface area contributed by atoms with Crippen LogP contribution >= 0.6 is 0 Å². The Labute approximate surface area is 67.6 Å². The van der Waals surface area contributed by atoms with E-state index >= 15 is 0 Å². The topological polar surface area (TPSA) is 37.3 Å². The van der Waals surface area contributed by atoms with Crippen molar-refractivity contribution in [3.05, 3.63) is 0 Å². The van der Waals surface area contributed by atoms with Crippen molar-refractivity contribution >= 4 is 5.97 Å². The molecule has 0 radical (unpaired) electrons. The molecule has 1 atom stereocenters. The van der Waals surface area contributed by atoms with Gasteiger partial charge in [-0.3, -0.25) is 4.79 Å². The van der Waals surface area contributed by atoms with Gasteiger partial charge in [-0.15, -0.1) is 0 Å². The standard InChI is InChI=1S/C9H16O2/c1-2-4-8(9(10)11)7-5-3-6-7/h7-8H,2-6H2,1H3,(H,10,11)/t8-/m1/s1. The highest BCUT2D eigenvalue weighted by Gasteiger charge is 2.31. The van der Waals surface area contributed by atoms with Crippen LogP contribution < -0.4 is 0 Å². The van der Waals surface area contributed by atoms with E-state index in [1.807, 2.05) is 0 Å². The van der Waals surface area contributed by atoms with Gasteiger partial charge < -0.3 is 5.11 Å². The minimum absolute atomic E-state index is 0.0475. The number of aliphatic carboxylic acids is 1. The van der Waals surface area contributed by atoms with Gasteiger partial charge in [0.25, 0.3) is 0 Å². The first-order chi connectivity index (χ1) is 5.25. The highest BCUT2D eigenvalue weighted by Crippen LogP contribution is 2.35. The molecular weight excluding hydrogens is 140 g/mol. The van der Waals surface area contributed by atoms with Gasteiger partial charge in [-0.05, 0) is 25.2 Å². The Bertz CT molecular complexity index is 138. The lowest BCUT2D eigenvalue weighted by Crippen LogP contribution is -2.28. The highest BCUT2D eigenvalue weighted by atomic mass is 16.4. The van der Waals surface area contributed by atoms with Gasteiger partial charge in [0, 0.05) is 0 Å². The fraction of sp³-hybridized carbons (Fsp3) is 0.889. The molecule has 2 heteroatoms. The quantitative estimate of drug-likeness (QED) is 0.678. The minimum Gasteiger partial charge on any atom is -0.481 e. The molecule has 0 aliphatic heterocycles. The molecule has 1 aliphatic rings. The van der Waals surface area contributed by atoms with Crippen molar-refractivity contribution in [2.45, 2.75) is 39.0 Å². The second kappa shape index (κ2) is 3.74. The summed E-state index contributed by atoms with van der Waals surface area (Å²) in [7, 11) is 0. The van der Waals surface area contributed by atoms with Crippen LogP contribution in [0.15, 0.2) is 0 Å². The summed E-state index contributed by atoms with van der Waals surface area (Å²) in [6, 6.07) is 0. The molecule has 64 valence electrons. The van der Waals surface area contributed by atoms with Crippen LogP contribution in [0.3, 0.4) is 0 Å². The molecule has 0 aromatic rings. The van der Waals surface area contributed by atoms with E-state index in [1.165, 1.54) is 6.42 Å². The van der Waals surface area contributed by atoms with Gasteiger partial charge in [0.15, 0.2) is 0 Å². The molecule has 0 bridgehead atoms. The zero-order valence-electron chi connectivity index (χ0n) is 7.05. The molecule has 0 saturated heterocycles. The van der Waals surface area contributed by atoms with E-state index in [0.29, 0.717) is 5.92 Å². The first kappa shape index (κ1) is 8.57. The normalized spacial score (nSPS) is 20.8. The Morgan fingerprint density at radius 3 is 2.55 bits per heavy atom. The van der Waals surface area contributed by atoms with Crippen LogP contribution in [0, 0.1) is 11.8 Å².